The largest absolute Gasteiger partial charge is 0.369 e. The molecule has 1 atom stereocenters. The molecule has 0 radical (unpaired) electrons. The molecule has 1 aromatic rings. The Balaban J connectivity index is 1.56. The summed E-state index contributed by atoms with van der Waals surface area (Å²) in [6.07, 6.45) is 3.41. The minimum atomic E-state index is -0.348. The number of carbonyl (C=O) groups excluding carboxylic acids is 2. The number of nitrogens with two attached hydrogens (primary N) is 1. The van der Waals surface area contributed by atoms with Crippen molar-refractivity contribution in [1.82, 2.24) is 19.8 Å². The number of aryl methyl sites for hydroxylation is 1. The third-order valence-electron chi connectivity index (χ3n) is 5.34. The number of rotatable bonds is 4. The zero-order chi connectivity index (χ0) is 18.7. The summed E-state index contributed by atoms with van der Waals surface area (Å²) in [5.41, 5.74) is 5.97. The van der Waals surface area contributed by atoms with E-state index >= 15 is 0 Å². The number of H-pyrrole nitrogens is 1. The van der Waals surface area contributed by atoms with Crippen molar-refractivity contribution >= 4 is 11.8 Å². The molecular formula is C18H27N5O3. The van der Waals surface area contributed by atoms with E-state index in [0.29, 0.717) is 25.5 Å². The van der Waals surface area contributed by atoms with Crippen LogP contribution in [0, 0.1) is 12.8 Å². The van der Waals surface area contributed by atoms with E-state index in [2.05, 4.69) is 9.97 Å². The van der Waals surface area contributed by atoms with Crippen molar-refractivity contribution in [3.63, 3.8) is 0 Å². The highest BCUT2D eigenvalue weighted by Gasteiger charge is 2.32. The lowest BCUT2D eigenvalue weighted by molar-refractivity contribution is -0.139. The van der Waals surface area contributed by atoms with Crippen LogP contribution in [0.2, 0.25) is 0 Å². The molecule has 0 aliphatic carbocycles. The molecule has 2 fully saturated rings. The van der Waals surface area contributed by atoms with Gasteiger partial charge in [-0.2, -0.15) is 0 Å². The SMILES string of the molecule is Cc1nc(C2CCN(C(=O)[C@@H]3CCCN(CC(N)=O)C3)CC2)cc(=O)[nH]1. The molecule has 3 heterocycles. The van der Waals surface area contributed by atoms with Gasteiger partial charge in [-0.3, -0.25) is 19.3 Å². The van der Waals surface area contributed by atoms with E-state index in [1.54, 1.807) is 13.0 Å². The van der Waals surface area contributed by atoms with E-state index in [-0.39, 0.29) is 35.8 Å². The quantitative estimate of drug-likeness (QED) is 0.783. The summed E-state index contributed by atoms with van der Waals surface area (Å²) in [6, 6.07) is 1.57. The van der Waals surface area contributed by atoms with Gasteiger partial charge in [0, 0.05) is 31.6 Å². The molecule has 26 heavy (non-hydrogen) atoms. The van der Waals surface area contributed by atoms with E-state index in [1.165, 1.54) is 0 Å². The smallest absolute Gasteiger partial charge is 0.251 e. The maximum absolute atomic E-state index is 12.8. The molecule has 0 saturated carbocycles. The maximum Gasteiger partial charge on any atom is 0.251 e. The molecule has 0 spiro atoms. The van der Waals surface area contributed by atoms with Crippen LogP contribution >= 0.6 is 0 Å². The van der Waals surface area contributed by atoms with Crippen LogP contribution in [0.25, 0.3) is 0 Å². The van der Waals surface area contributed by atoms with Crippen LogP contribution in [0.1, 0.15) is 43.1 Å². The predicted octanol–water partition coefficient (Wildman–Crippen LogP) is -0.0184. The van der Waals surface area contributed by atoms with Crippen molar-refractivity contribution in [2.24, 2.45) is 11.7 Å². The zero-order valence-electron chi connectivity index (χ0n) is 15.2. The molecule has 0 unspecified atom stereocenters. The standard InChI is InChI=1S/C18H27N5O3/c1-12-20-15(9-17(25)21-12)13-4-7-23(8-5-13)18(26)14-3-2-6-22(10-14)11-16(19)24/h9,13-14H,2-8,10-11H2,1H3,(H2,19,24)(H,20,21,25)/t14-/m1/s1. The van der Waals surface area contributed by atoms with Gasteiger partial charge in [-0.1, -0.05) is 0 Å². The average molecular weight is 361 g/mol. The van der Waals surface area contributed by atoms with E-state index in [0.717, 1.165) is 37.9 Å². The number of hydrogen-bond acceptors (Lipinski definition) is 5. The minimum absolute atomic E-state index is 0.0559. The summed E-state index contributed by atoms with van der Waals surface area (Å²) in [5, 5.41) is 0. The molecule has 2 aliphatic rings. The fourth-order valence-electron chi connectivity index (χ4n) is 4.09. The number of carbonyl (C=O) groups is 2. The Labute approximate surface area is 152 Å². The lowest BCUT2D eigenvalue weighted by Crippen LogP contribution is -2.48. The van der Waals surface area contributed by atoms with Gasteiger partial charge in [-0.25, -0.2) is 4.98 Å². The third-order valence-corrected chi connectivity index (χ3v) is 5.34. The lowest BCUT2D eigenvalue weighted by Gasteiger charge is -2.37. The molecule has 142 valence electrons. The second kappa shape index (κ2) is 7.99. The highest BCUT2D eigenvalue weighted by atomic mass is 16.2. The van der Waals surface area contributed by atoms with Gasteiger partial charge in [0.15, 0.2) is 0 Å². The van der Waals surface area contributed by atoms with Gasteiger partial charge >= 0.3 is 0 Å². The topological polar surface area (TPSA) is 112 Å². The second-order valence-electron chi connectivity index (χ2n) is 7.40. The van der Waals surface area contributed by atoms with Crippen molar-refractivity contribution in [2.75, 3.05) is 32.7 Å². The predicted molar refractivity (Wildman–Crippen MR) is 96.5 cm³/mol. The van der Waals surface area contributed by atoms with Crippen molar-refractivity contribution in [3.8, 4) is 0 Å². The molecule has 3 N–H and O–H groups in total. The first kappa shape index (κ1) is 18.6. The first-order valence-corrected chi connectivity index (χ1v) is 9.29. The fraction of sp³-hybridized carbons (Fsp3) is 0.667. The molecular weight excluding hydrogens is 334 g/mol. The lowest BCUT2D eigenvalue weighted by atomic mass is 9.91. The van der Waals surface area contributed by atoms with Gasteiger partial charge in [0.25, 0.3) is 5.56 Å². The highest BCUT2D eigenvalue weighted by molar-refractivity contribution is 5.80. The van der Waals surface area contributed by atoms with E-state index in [9.17, 15) is 14.4 Å². The number of primary amides is 1. The van der Waals surface area contributed by atoms with Crippen LogP contribution in [0.15, 0.2) is 10.9 Å². The van der Waals surface area contributed by atoms with E-state index in [1.807, 2.05) is 9.80 Å². The van der Waals surface area contributed by atoms with Crippen LogP contribution < -0.4 is 11.3 Å². The molecule has 0 aromatic carbocycles. The van der Waals surface area contributed by atoms with Crippen molar-refractivity contribution in [2.45, 2.75) is 38.5 Å². The number of likely N-dealkylation sites (tertiary alicyclic amines) is 2. The van der Waals surface area contributed by atoms with Crippen LogP contribution in [-0.4, -0.2) is 64.3 Å². The molecule has 2 amide bonds. The second-order valence-corrected chi connectivity index (χ2v) is 7.40. The number of hydrogen-bond donors (Lipinski definition) is 2. The van der Waals surface area contributed by atoms with E-state index in [4.69, 9.17) is 5.73 Å². The van der Waals surface area contributed by atoms with Gasteiger partial charge in [0.1, 0.15) is 5.82 Å². The van der Waals surface area contributed by atoms with E-state index < -0.39 is 0 Å². The maximum atomic E-state index is 12.8. The van der Waals surface area contributed by atoms with Crippen LogP contribution in [0.4, 0.5) is 0 Å². The van der Waals surface area contributed by atoms with Crippen molar-refractivity contribution < 1.29 is 9.59 Å². The molecule has 1 aromatic heterocycles. The summed E-state index contributed by atoms with van der Waals surface area (Å²) in [4.78, 5) is 46.6. The van der Waals surface area contributed by atoms with Crippen molar-refractivity contribution in [1.29, 1.82) is 0 Å². The number of nitrogens with one attached hydrogen (secondary N) is 1. The highest BCUT2D eigenvalue weighted by Crippen LogP contribution is 2.28. The number of amides is 2. The van der Waals surface area contributed by atoms with Crippen LogP contribution in [0.3, 0.4) is 0 Å². The fourth-order valence-corrected chi connectivity index (χ4v) is 4.09. The first-order valence-electron chi connectivity index (χ1n) is 9.29. The van der Waals surface area contributed by atoms with Gasteiger partial charge in [0.05, 0.1) is 18.2 Å². The third kappa shape index (κ3) is 4.49. The van der Waals surface area contributed by atoms with Gasteiger partial charge in [-0.15, -0.1) is 0 Å². The molecule has 2 saturated heterocycles. The van der Waals surface area contributed by atoms with Crippen molar-refractivity contribution in [3.05, 3.63) is 27.9 Å². The minimum Gasteiger partial charge on any atom is -0.369 e. The van der Waals surface area contributed by atoms with Crippen LogP contribution in [-0.2, 0) is 9.59 Å². The number of piperidine rings is 2. The number of aromatic nitrogens is 2. The summed E-state index contributed by atoms with van der Waals surface area (Å²) >= 11 is 0. The average Bonchev–Trinajstić information content (AvgIpc) is 2.60. The Kier molecular flexibility index (Phi) is 5.70. The first-order chi connectivity index (χ1) is 12.4. The molecule has 8 nitrogen and oxygen atoms in total. The monoisotopic (exact) mass is 361 g/mol. The Hall–Kier alpha value is -2.22. The Morgan fingerprint density at radius 2 is 2.00 bits per heavy atom. The Bertz CT molecular complexity index is 724. The number of nitrogens with zero attached hydrogens (tertiary/aromatic N) is 3. The molecule has 8 heteroatoms. The summed E-state index contributed by atoms with van der Waals surface area (Å²) < 4.78 is 0. The molecule has 2 aliphatic heterocycles. The molecule has 0 bridgehead atoms. The normalized spacial score (nSPS) is 22.3. The Morgan fingerprint density at radius 1 is 1.27 bits per heavy atom. The summed E-state index contributed by atoms with van der Waals surface area (Å²) in [6.45, 7) is 4.80. The zero-order valence-corrected chi connectivity index (χ0v) is 15.2. The summed E-state index contributed by atoms with van der Waals surface area (Å²) in [7, 11) is 0. The van der Waals surface area contributed by atoms with Gasteiger partial charge in [0.2, 0.25) is 11.8 Å². The van der Waals surface area contributed by atoms with Crippen LogP contribution in [0.5, 0.6) is 0 Å². The van der Waals surface area contributed by atoms with Gasteiger partial charge < -0.3 is 15.6 Å². The molecule has 3 rings (SSSR count). The number of aromatic amines is 1. The Morgan fingerprint density at radius 3 is 2.65 bits per heavy atom. The summed E-state index contributed by atoms with van der Waals surface area (Å²) in [5.74, 6) is 0.618. The van der Waals surface area contributed by atoms with Gasteiger partial charge in [-0.05, 0) is 39.2 Å².